The quantitative estimate of drug-likeness (QED) is 0.790. The number of halogens is 3. The molecule has 0 aliphatic rings. The molecule has 1 N–H and O–H groups in total. The molecular formula is C9H7Br3O3. The van der Waals surface area contributed by atoms with Crippen LogP contribution in [0, 0.1) is 0 Å². The topological polar surface area (TPSA) is 46.5 Å². The van der Waals surface area contributed by atoms with E-state index in [-0.39, 0.29) is 13.2 Å². The monoisotopic (exact) mass is 400 g/mol. The highest BCUT2D eigenvalue weighted by molar-refractivity contribution is 9.11. The maximum absolute atomic E-state index is 11.5. The predicted octanol–water partition coefficient (Wildman–Crippen LogP) is 3.12. The minimum Gasteiger partial charge on any atom is -0.460 e. The van der Waals surface area contributed by atoms with E-state index in [0.717, 1.165) is 4.47 Å². The maximum Gasteiger partial charge on any atom is 0.340 e. The molecule has 15 heavy (non-hydrogen) atoms. The Balaban J connectivity index is 2.98. The van der Waals surface area contributed by atoms with Gasteiger partial charge in [0.1, 0.15) is 6.61 Å². The Bertz CT molecular complexity index is 356. The van der Waals surface area contributed by atoms with Crippen molar-refractivity contribution in [1.29, 1.82) is 0 Å². The maximum atomic E-state index is 11.5. The summed E-state index contributed by atoms with van der Waals surface area (Å²) in [5.74, 6) is -0.477. The Hall–Kier alpha value is 0.0900. The number of esters is 1. The number of hydrogen-bond donors (Lipinski definition) is 1. The zero-order valence-electron chi connectivity index (χ0n) is 7.47. The Labute approximate surface area is 112 Å². The number of hydrogen-bond acceptors (Lipinski definition) is 3. The normalized spacial score (nSPS) is 10.1. The molecule has 0 aliphatic carbocycles. The summed E-state index contributed by atoms with van der Waals surface area (Å²) in [5.41, 5.74) is 0.409. The molecule has 0 radical (unpaired) electrons. The van der Waals surface area contributed by atoms with Crippen molar-refractivity contribution in [2.45, 2.75) is 0 Å². The summed E-state index contributed by atoms with van der Waals surface area (Å²) in [7, 11) is 0. The van der Waals surface area contributed by atoms with Crippen LogP contribution in [-0.4, -0.2) is 24.3 Å². The second kappa shape index (κ2) is 5.98. The van der Waals surface area contributed by atoms with Crippen LogP contribution in [0.1, 0.15) is 10.4 Å². The molecule has 0 saturated heterocycles. The van der Waals surface area contributed by atoms with E-state index < -0.39 is 5.97 Å². The Morgan fingerprint density at radius 2 is 1.80 bits per heavy atom. The molecule has 3 nitrogen and oxygen atoms in total. The fourth-order valence-corrected chi connectivity index (χ4v) is 3.53. The number of aliphatic hydroxyl groups excluding tert-OH is 1. The fraction of sp³-hybridized carbons (Fsp3) is 0.222. The zero-order chi connectivity index (χ0) is 11.4. The molecule has 82 valence electrons. The lowest BCUT2D eigenvalue weighted by molar-refractivity contribution is 0.0431. The number of aliphatic hydroxyl groups is 1. The third-order valence-corrected chi connectivity index (χ3v) is 3.24. The summed E-state index contributed by atoms with van der Waals surface area (Å²) in [5, 5.41) is 8.54. The first-order valence-corrected chi connectivity index (χ1v) is 6.36. The summed E-state index contributed by atoms with van der Waals surface area (Å²) >= 11 is 9.83. The summed E-state index contributed by atoms with van der Waals surface area (Å²) in [4.78, 5) is 11.5. The first-order chi connectivity index (χ1) is 7.06. The Kier molecular flexibility index (Phi) is 5.25. The van der Waals surface area contributed by atoms with Gasteiger partial charge in [-0.3, -0.25) is 0 Å². The smallest absolute Gasteiger partial charge is 0.340 e. The van der Waals surface area contributed by atoms with E-state index in [1.54, 1.807) is 12.1 Å². The van der Waals surface area contributed by atoms with E-state index in [0.29, 0.717) is 14.5 Å². The van der Waals surface area contributed by atoms with Crippen LogP contribution in [0.2, 0.25) is 0 Å². The van der Waals surface area contributed by atoms with Crippen LogP contribution in [0.5, 0.6) is 0 Å². The molecule has 0 bridgehead atoms. The van der Waals surface area contributed by atoms with Crippen LogP contribution >= 0.6 is 47.8 Å². The molecule has 0 aliphatic heterocycles. The van der Waals surface area contributed by atoms with Gasteiger partial charge in [-0.1, -0.05) is 15.9 Å². The van der Waals surface area contributed by atoms with Crippen molar-refractivity contribution in [3.05, 3.63) is 31.1 Å². The van der Waals surface area contributed by atoms with E-state index in [1.807, 2.05) is 0 Å². The molecular weight excluding hydrogens is 396 g/mol. The second-order valence-electron chi connectivity index (χ2n) is 2.60. The fourth-order valence-electron chi connectivity index (χ4n) is 0.948. The summed E-state index contributed by atoms with van der Waals surface area (Å²) in [6, 6.07) is 3.50. The average Bonchev–Trinajstić information content (AvgIpc) is 2.12. The second-order valence-corrected chi connectivity index (χ2v) is 5.23. The number of carbonyl (C=O) groups excluding carboxylic acids is 1. The molecule has 6 heteroatoms. The molecule has 0 unspecified atom stereocenters. The Morgan fingerprint density at radius 3 is 2.27 bits per heavy atom. The highest BCUT2D eigenvalue weighted by Gasteiger charge is 2.16. The lowest BCUT2D eigenvalue weighted by atomic mass is 10.2. The van der Waals surface area contributed by atoms with Crippen molar-refractivity contribution in [3.63, 3.8) is 0 Å². The molecule has 1 aromatic carbocycles. The van der Waals surface area contributed by atoms with Gasteiger partial charge in [0.15, 0.2) is 0 Å². The zero-order valence-corrected chi connectivity index (χ0v) is 12.2. The van der Waals surface area contributed by atoms with Crippen molar-refractivity contribution >= 4 is 53.8 Å². The molecule has 0 fully saturated rings. The molecule has 0 amide bonds. The molecule has 0 heterocycles. The molecule has 1 rings (SSSR count). The number of ether oxygens (including phenoxy) is 1. The van der Waals surface area contributed by atoms with E-state index in [9.17, 15) is 4.79 Å². The van der Waals surface area contributed by atoms with Gasteiger partial charge in [0.05, 0.1) is 12.2 Å². The highest BCUT2D eigenvalue weighted by atomic mass is 79.9. The van der Waals surface area contributed by atoms with Gasteiger partial charge in [0, 0.05) is 13.4 Å². The third kappa shape index (κ3) is 3.55. The summed E-state index contributed by atoms with van der Waals surface area (Å²) in [6.07, 6.45) is 0. The van der Waals surface area contributed by atoms with E-state index >= 15 is 0 Å². The minimum absolute atomic E-state index is 0.00617. The number of benzene rings is 1. The highest BCUT2D eigenvalue weighted by Crippen LogP contribution is 2.30. The van der Waals surface area contributed by atoms with Gasteiger partial charge in [-0.2, -0.15) is 0 Å². The van der Waals surface area contributed by atoms with Crippen LogP contribution in [0.4, 0.5) is 0 Å². The third-order valence-electron chi connectivity index (χ3n) is 1.54. The van der Waals surface area contributed by atoms with Gasteiger partial charge in [-0.15, -0.1) is 0 Å². The lowest BCUT2D eigenvalue weighted by Gasteiger charge is -2.07. The van der Waals surface area contributed by atoms with Gasteiger partial charge in [-0.25, -0.2) is 4.79 Å². The van der Waals surface area contributed by atoms with Gasteiger partial charge >= 0.3 is 5.97 Å². The van der Waals surface area contributed by atoms with Crippen molar-refractivity contribution < 1.29 is 14.6 Å². The Morgan fingerprint density at radius 1 is 1.27 bits per heavy atom. The van der Waals surface area contributed by atoms with Crippen molar-refractivity contribution in [1.82, 2.24) is 0 Å². The van der Waals surface area contributed by atoms with Gasteiger partial charge in [0.2, 0.25) is 0 Å². The predicted molar refractivity (Wildman–Crippen MR) is 66.9 cm³/mol. The van der Waals surface area contributed by atoms with Crippen LogP contribution in [0.25, 0.3) is 0 Å². The molecule has 0 aromatic heterocycles. The summed E-state index contributed by atoms with van der Waals surface area (Å²) < 4.78 is 6.92. The van der Waals surface area contributed by atoms with E-state index in [4.69, 9.17) is 9.84 Å². The average molecular weight is 403 g/mol. The van der Waals surface area contributed by atoms with Crippen LogP contribution in [0.3, 0.4) is 0 Å². The minimum atomic E-state index is -0.477. The molecule has 0 spiro atoms. The lowest BCUT2D eigenvalue weighted by Crippen LogP contribution is -2.10. The van der Waals surface area contributed by atoms with E-state index in [2.05, 4.69) is 47.8 Å². The van der Waals surface area contributed by atoms with Gasteiger partial charge in [0.25, 0.3) is 0 Å². The van der Waals surface area contributed by atoms with Gasteiger partial charge in [-0.05, 0) is 44.0 Å². The largest absolute Gasteiger partial charge is 0.460 e. The van der Waals surface area contributed by atoms with Crippen LogP contribution < -0.4 is 0 Å². The first-order valence-electron chi connectivity index (χ1n) is 3.98. The van der Waals surface area contributed by atoms with Crippen LogP contribution in [-0.2, 0) is 4.74 Å². The van der Waals surface area contributed by atoms with Crippen LogP contribution in [0.15, 0.2) is 25.6 Å². The summed E-state index contributed by atoms with van der Waals surface area (Å²) in [6.45, 7) is -0.189. The van der Waals surface area contributed by atoms with Crippen molar-refractivity contribution in [2.75, 3.05) is 13.2 Å². The van der Waals surface area contributed by atoms with Crippen molar-refractivity contribution in [3.8, 4) is 0 Å². The number of rotatable bonds is 3. The molecule has 0 atom stereocenters. The standard InChI is InChI=1S/C9H7Br3O3/c10-5-3-6(11)8(7(12)4-5)9(14)15-2-1-13/h3-4,13H,1-2H2. The SMILES string of the molecule is O=C(OCCO)c1c(Br)cc(Br)cc1Br. The van der Waals surface area contributed by atoms with Crippen molar-refractivity contribution in [2.24, 2.45) is 0 Å². The van der Waals surface area contributed by atoms with Gasteiger partial charge < -0.3 is 9.84 Å². The first kappa shape index (κ1) is 13.2. The van der Waals surface area contributed by atoms with E-state index in [1.165, 1.54) is 0 Å². The molecule has 1 aromatic rings. The molecule has 0 saturated carbocycles. The number of carbonyl (C=O) groups is 1.